The van der Waals surface area contributed by atoms with Gasteiger partial charge < -0.3 is 10.8 Å². The molecule has 1 aliphatic carbocycles. The maximum Gasteiger partial charge on any atom is 0.306 e. The topological polar surface area (TPSA) is 63.3 Å². The van der Waals surface area contributed by atoms with Crippen LogP contribution in [0.15, 0.2) is 0 Å². The highest BCUT2D eigenvalue weighted by molar-refractivity contribution is 5.85. The molecule has 3 N–H and O–H groups in total. The average molecular weight is 180 g/mol. The fraction of sp³-hybridized carbons (Fsp3) is 0.857. The maximum atomic E-state index is 10.3. The zero-order chi connectivity index (χ0) is 7.56. The molecule has 3 nitrogen and oxygen atoms in total. The molecule has 0 aromatic heterocycles. The molecule has 0 aromatic rings. The lowest BCUT2D eigenvalue weighted by molar-refractivity contribution is -0.146. The van der Waals surface area contributed by atoms with E-state index in [2.05, 4.69) is 0 Å². The molecule has 11 heavy (non-hydrogen) atoms. The Morgan fingerprint density at radius 1 is 1.55 bits per heavy atom. The highest BCUT2D eigenvalue weighted by Crippen LogP contribution is 2.35. The van der Waals surface area contributed by atoms with Crippen molar-refractivity contribution in [2.45, 2.75) is 19.3 Å². The van der Waals surface area contributed by atoms with Gasteiger partial charge >= 0.3 is 5.97 Å². The van der Waals surface area contributed by atoms with E-state index in [9.17, 15) is 4.79 Å². The van der Waals surface area contributed by atoms with Gasteiger partial charge in [0.2, 0.25) is 0 Å². The summed E-state index contributed by atoms with van der Waals surface area (Å²) in [5.41, 5.74) is 5.31. The van der Waals surface area contributed by atoms with Gasteiger partial charge in [-0.2, -0.15) is 0 Å². The number of rotatable bonds is 3. The minimum absolute atomic E-state index is 0. The lowest BCUT2D eigenvalue weighted by Crippen LogP contribution is -2.31. The van der Waals surface area contributed by atoms with Crippen LogP contribution in [0.2, 0.25) is 0 Å². The van der Waals surface area contributed by atoms with E-state index in [1.165, 1.54) is 0 Å². The molecule has 0 saturated heterocycles. The smallest absolute Gasteiger partial charge is 0.306 e. The number of carbonyl (C=O) groups is 1. The second-order valence-electron chi connectivity index (χ2n) is 2.95. The Hall–Kier alpha value is -0.280. The van der Waals surface area contributed by atoms with Crippen molar-refractivity contribution in [3.63, 3.8) is 0 Å². The van der Waals surface area contributed by atoms with Crippen LogP contribution in [0.3, 0.4) is 0 Å². The Kier molecular flexibility index (Phi) is 4.45. The SMILES string of the molecule is Cl.NCCC1CC(C(=O)O)C1. The Morgan fingerprint density at radius 2 is 2.09 bits per heavy atom. The molecule has 0 amide bonds. The summed E-state index contributed by atoms with van der Waals surface area (Å²) in [4.78, 5) is 10.3. The van der Waals surface area contributed by atoms with Gasteiger partial charge in [0.1, 0.15) is 0 Å². The zero-order valence-electron chi connectivity index (χ0n) is 6.32. The summed E-state index contributed by atoms with van der Waals surface area (Å²) in [5, 5.41) is 8.49. The van der Waals surface area contributed by atoms with E-state index in [4.69, 9.17) is 10.8 Å². The monoisotopic (exact) mass is 179 g/mol. The lowest BCUT2D eigenvalue weighted by Gasteiger charge is -2.31. The molecular formula is C7H14ClNO2. The van der Waals surface area contributed by atoms with Gasteiger partial charge in [-0.05, 0) is 31.7 Å². The molecule has 0 aliphatic heterocycles. The molecule has 66 valence electrons. The highest BCUT2D eigenvalue weighted by Gasteiger charge is 2.33. The summed E-state index contributed by atoms with van der Waals surface area (Å²) in [6, 6.07) is 0. The number of halogens is 1. The van der Waals surface area contributed by atoms with Gasteiger partial charge in [0.25, 0.3) is 0 Å². The molecule has 1 rings (SSSR count). The zero-order valence-corrected chi connectivity index (χ0v) is 7.14. The van der Waals surface area contributed by atoms with Crippen LogP contribution in [0.1, 0.15) is 19.3 Å². The number of carboxylic acid groups (broad SMARTS) is 1. The molecule has 0 atom stereocenters. The van der Waals surface area contributed by atoms with Crippen molar-refractivity contribution in [3.05, 3.63) is 0 Å². The molecule has 1 fully saturated rings. The largest absolute Gasteiger partial charge is 0.481 e. The van der Waals surface area contributed by atoms with Crippen molar-refractivity contribution in [1.82, 2.24) is 0 Å². The third-order valence-electron chi connectivity index (χ3n) is 2.16. The van der Waals surface area contributed by atoms with E-state index in [-0.39, 0.29) is 18.3 Å². The molecule has 0 bridgehead atoms. The highest BCUT2D eigenvalue weighted by atomic mass is 35.5. The fourth-order valence-corrected chi connectivity index (χ4v) is 1.41. The molecular weight excluding hydrogens is 166 g/mol. The Bertz CT molecular complexity index is 134. The number of aliphatic carboxylic acids is 1. The fourth-order valence-electron chi connectivity index (χ4n) is 1.41. The first-order valence-corrected chi connectivity index (χ1v) is 3.67. The van der Waals surface area contributed by atoms with E-state index < -0.39 is 5.97 Å². The minimum Gasteiger partial charge on any atom is -0.481 e. The van der Waals surface area contributed by atoms with Gasteiger partial charge in [-0.3, -0.25) is 4.79 Å². The number of carboxylic acids is 1. The van der Waals surface area contributed by atoms with Crippen LogP contribution in [-0.2, 0) is 4.79 Å². The van der Waals surface area contributed by atoms with Crippen LogP contribution in [0.5, 0.6) is 0 Å². The van der Waals surface area contributed by atoms with Crippen LogP contribution in [0, 0.1) is 11.8 Å². The van der Waals surface area contributed by atoms with Crippen LogP contribution in [0.25, 0.3) is 0 Å². The molecule has 0 unspecified atom stereocenters. The quantitative estimate of drug-likeness (QED) is 0.676. The normalized spacial score (nSPS) is 28.5. The Labute approximate surface area is 72.4 Å². The Balaban J connectivity index is 0.000001000. The molecule has 0 heterocycles. The van der Waals surface area contributed by atoms with Gasteiger partial charge in [0.05, 0.1) is 5.92 Å². The molecule has 1 saturated carbocycles. The standard InChI is InChI=1S/C7H13NO2.ClH/c8-2-1-5-3-6(4-5)7(9)10;/h5-6H,1-4,8H2,(H,9,10);1H. The predicted octanol–water partition coefficient (Wildman–Crippen LogP) is 0.868. The first-order valence-electron chi connectivity index (χ1n) is 3.67. The van der Waals surface area contributed by atoms with Gasteiger partial charge in [-0.15, -0.1) is 12.4 Å². The second-order valence-corrected chi connectivity index (χ2v) is 2.95. The Morgan fingerprint density at radius 3 is 2.45 bits per heavy atom. The second kappa shape index (κ2) is 4.57. The van der Waals surface area contributed by atoms with Crippen LogP contribution < -0.4 is 5.73 Å². The van der Waals surface area contributed by atoms with Crippen LogP contribution in [0.4, 0.5) is 0 Å². The summed E-state index contributed by atoms with van der Waals surface area (Å²) in [7, 11) is 0. The van der Waals surface area contributed by atoms with Crippen molar-refractivity contribution in [2.24, 2.45) is 17.6 Å². The van der Waals surface area contributed by atoms with Crippen molar-refractivity contribution < 1.29 is 9.90 Å². The van der Waals surface area contributed by atoms with E-state index in [0.717, 1.165) is 19.3 Å². The maximum absolute atomic E-state index is 10.3. The summed E-state index contributed by atoms with van der Waals surface area (Å²) >= 11 is 0. The predicted molar refractivity (Wildman–Crippen MR) is 44.8 cm³/mol. The molecule has 0 spiro atoms. The summed E-state index contributed by atoms with van der Waals surface area (Å²) in [6.45, 7) is 0.691. The van der Waals surface area contributed by atoms with Gasteiger partial charge in [-0.25, -0.2) is 0 Å². The van der Waals surface area contributed by atoms with Crippen molar-refractivity contribution in [2.75, 3.05) is 6.54 Å². The summed E-state index contributed by atoms with van der Waals surface area (Å²) in [5.74, 6) is -0.129. The van der Waals surface area contributed by atoms with Crippen molar-refractivity contribution in [3.8, 4) is 0 Å². The van der Waals surface area contributed by atoms with Crippen molar-refractivity contribution >= 4 is 18.4 Å². The van der Waals surface area contributed by atoms with E-state index in [0.29, 0.717) is 12.5 Å². The number of hydrogen-bond acceptors (Lipinski definition) is 2. The van der Waals surface area contributed by atoms with E-state index >= 15 is 0 Å². The summed E-state index contributed by atoms with van der Waals surface area (Å²) < 4.78 is 0. The van der Waals surface area contributed by atoms with Gasteiger partial charge in [0.15, 0.2) is 0 Å². The minimum atomic E-state index is -0.645. The van der Waals surface area contributed by atoms with Crippen LogP contribution >= 0.6 is 12.4 Å². The molecule has 4 heteroatoms. The third kappa shape index (κ3) is 2.67. The molecule has 1 aliphatic rings. The number of hydrogen-bond donors (Lipinski definition) is 2. The first kappa shape index (κ1) is 10.7. The van der Waals surface area contributed by atoms with Gasteiger partial charge in [0, 0.05) is 0 Å². The third-order valence-corrected chi connectivity index (χ3v) is 2.16. The lowest BCUT2D eigenvalue weighted by atomic mass is 9.73. The number of nitrogens with two attached hydrogens (primary N) is 1. The van der Waals surface area contributed by atoms with Gasteiger partial charge in [-0.1, -0.05) is 0 Å². The summed E-state index contributed by atoms with van der Waals surface area (Å²) in [6.07, 6.45) is 2.67. The molecule has 0 radical (unpaired) electrons. The van der Waals surface area contributed by atoms with Crippen LogP contribution in [-0.4, -0.2) is 17.6 Å². The molecule has 0 aromatic carbocycles. The van der Waals surface area contributed by atoms with E-state index in [1.807, 2.05) is 0 Å². The van der Waals surface area contributed by atoms with E-state index in [1.54, 1.807) is 0 Å². The van der Waals surface area contributed by atoms with Crippen molar-refractivity contribution in [1.29, 1.82) is 0 Å². The average Bonchev–Trinajstić information content (AvgIpc) is 1.76. The first-order chi connectivity index (χ1) is 4.74.